The van der Waals surface area contributed by atoms with Crippen LogP contribution in [0.25, 0.3) is 0 Å². The van der Waals surface area contributed by atoms with Gasteiger partial charge in [0.1, 0.15) is 17.2 Å². The fraction of sp³-hybridized carbons (Fsp3) is 0.278. The second kappa shape index (κ2) is 8.05. The Labute approximate surface area is 156 Å². The van der Waals surface area contributed by atoms with Gasteiger partial charge in [0.05, 0.1) is 18.1 Å². The summed E-state index contributed by atoms with van der Waals surface area (Å²) < 4.78 is 10.6. The van der Waals surface area contributed by atoms with Gasteiger partial charge in [0.2, 0.25) is 0 Å². The smallest absolute Gasteiger partial charge is 0.296 e. The predicted octanol–water partition coefficient (Wildman–Crippen LogP) is 4.28. The Morgan fingerprint density at radius 2 is 1.81 bits per heavy atom. The van der Waals surface area contributed by atoms with Crippen molar-refractivity contribution in [2.45, 2.75) is 26.9 Å². The second-order valence-corrected chi connectivity index (χ2v) is 6.14. The van der Waals surface area contributed by atoms with Crippen LogP contribution in [0.4, 0.5) is 11.4 Å². The van der Waals surface area contributed by atoms with Gasteiger partial charge in [-0.2, -0.15) is 0 Å². The topological polar surface area (TPSA) is 90.7 Å². The lowest BCUT2D eigenvalue weighted by atomic mass is 10.1. The number of hydrogen-bond donors (Lipinski definition) is 1. The number of nitrogens with one attached hydrogen (secondary N) is 1. The van der Waals surface area contributed by atoms with Crippen LogP contribution in [-0.4, -0.2) is 24.0 Å². The minimum Gasteiger partial charge on any atom is -0.496 e. The molecular weight excluding hydrogens is 360 g/mol. The monoisotopic (exact) mass is 378 g/mol. The summed E-state index contributed by atoms with van der Waals surface area (Å²) in [6.45, 7) is 5.24. The number of hydrogen-bond acceptors (Lipinski definition) is 5. The molecule has 2 aromatic carbocycles. The first-order chi connectivity index (χ1) is 12.2. The molecule has 0 bridgehead atoms. The van der Waals surface area contributed by atoms with Crippen molar-refractivity contribution in [1.29, 1.82) is 0 Å². The minimum atomic E-state index is -0.864. The van der Waals surface area contributed by atoms with E-state index in [4.69, 9.17) is 21.1 Å². The number of ether oxygens (including phenoxy) is 2. The van der Waals surface area contributed by atoms with Gasteiger partial charge in [-0.05, 0) is 56.2 Å². The van der Waals surface area contributed by atoms with Gasteiger partial charge in [-0.1, -0.05) is 11.6 Å². The molecule has 138 valence electrons. The van der Waals surface area contributed by atoms with E-state index in [0.717, 1.165) is 11.1 Å². The number of nitrogens with zero attached hydrogens (tertiary/aromatic N) is 1. The van der Waals surface area contributed by atoms with Gasteiger partial charge in [-0.3, -0.25) is 14.9 Å². The van der Waals surface area contributed by atoms with E-state index in [1.165, 1.54) is 25.3 Å². The van der Waals surface area contributed by atoms with E-state index in [1.807, 2.05) is 13.8 Å². The van der Waals surface area contributed by atoms with Gasteiger partial charge in [0.15, 0.2) is 6.10 Å². The Balaban J connectivity index is 2.16. The summed E-state index contributed by atoms with van der Waals surface area (Å²) >= 11 is 6.12. The van der Waals surface area contributed by atoms with E-state index in [9.17, 15) is 14.9 Å². The first-order valence-corrected chi connectivity index (χ1v) is 8.17. The number of nitro groups is 1. The van der Waals surface area contributed by atoms with Crippen LogP contribution >= 0.6 is 11.6 Å². The summed E-state index contributed by atoms with van der Waals surface area (Å²) in [6, 6.07) is 7.65. The normalized spacial score (nSPS) is 11.6. The van der Waals surface area contributed by atoms with E-state index in [1.54, 1.807) is 19.1 Å². The van der Waals surface area contributed by atoms with Crippen LogP contribution < -0.4 is 14.8 Å². The number of rotatable bonds is 6. The minimum absolute atomic E-state index is 0.0692. The molecule has 0 saturated heterocycles. The maximum atomic E-state index is 12.4. The van der Waals surface area contributed by atoms with Crippen LogP contribution in [0.2, 0.25) is 5.02 Å². The quantitative estimate of drug-likeness (QED) is 0.598. The molecule has 1 amide bonds. The number of carbonyl (C=O) groups is 1. The third-order valence-corrected chi connectivity index (χ3v) is 4.35. The van der Waals surface area contributed by atoms with Gasteiger partial charge in [-0.15, -0.1) is 0 Å². The van der Waals surface area contributed by atoms with Crippen molar-refractivity contribution in [2.75, 3.05) is 12.4 Å². The number of halogens is 1. The van der Waals surface area contributed by atoms with E-state index in [2.05, 4.69) is 5.32 Å². The predicted molar refractivity (Wildman–Crippen MR) is 99.3 cm³/mol. The molecule has 26 heavy (non-hydrogen) atoms. The highest BCUT2D eigenvalue weighted by Crippen LogP contribution is 2.30. The molecule has 0 saturated carbocycles. The average Bonchev–Trinajstić information content (AvgIpc) is 2.59. The van der Waals surface area contributed by atoms with Crippen molar-refractivity contribution in [3.8, 4) is 11.5 Å². The molecule has 0 aromatic heterocycles. The highest BCUT2D eigenvalue weighted by atomic mass is 35.5. The van der Waals surface area contributed by atoms with E-state index in [-0.39, 0.29) is 11.4 Å². The third kappa shape index (κ3) is 4.43. The maximum Gasteiger partial charge on any atom is 0.296 e. The molecule has 8 heteroatoms. The van der Waals surface area contributed by atoms with Crippen molar-refractivity contribution in [3.05, 3.63) is 56.6 Å². The van der Waals surface area contributed by atoms with Crippen molar-refractivity contribution < 1.29 is 19.2 Å². The first-order valence-electron chi connectivity index (χ1n) is 7.79. The summed E-state index contributed by atoms with van der Waals surface area (Å²) in [4.78, 5) is 23.0. The SMILES string of the molecule is COc1ccc(NC(=O)[C@H](C)Oc2cc(C)c(Cl)c(C)c2)c([N+](=O)[O-])c1. The molecule has 0 aliphatic rings. The van der Waals surface area contributed by atoms with Crippen molar-refractivity contribution in [1.82, 2.24) is 0 Å². The molecule has 2 rings (SSSR count). The lowest BCUT2D eigenvalue weighted by molar-refractivity contribution is -0.384. The van der Waals surface area contributed by atoms with Gasteiger partial charge in [0, 0.05) is 5.02 Å². The zero-order valence-corrected chi connectivity index (χ0v) is 15.6. The van der Waals surface area contributed by atoms with Crippen molar-refractivity contribution in [3.63, 3.8) is 0 Å². The average molecular weight is 379 g/mol. The van der Waals surface area contributed by atoms with Crippen LogP contribution in [-0.2, 0) is 4.79 Å². The number of carbonyl (C=O) groups excluding carboxylic acids is 1. The Hall–Kier alpha value is -2.80. The van der Waals surface area contributed by atoms with Crippen LogP contribution in [0.1, 0.15) is 18.1 Å². The van der Waals surface area contributed by atoms with E-state index in [0.29, 0.717) is 16.5 Å². The number of benzene rings is 2. The van der Waals surface area contributed by atoms with Gasteiger partial charge in [-0.25, -0.2) is 0 Å². The van der Waals surface area contributed by atoms with Crippen LogP contribution in [0.15, 0.2) is 30.3 Å². The largest absolute Gasteiger partial charge is 0.496 e. The number of anilines is 1. The summed E-state index contributed by atoms with van der Waals surface area (Å²) in [7, 11) is 1.41. The Kier molecular flexibility index (Phi) is 6.05. The summed E-state index contributed by atoms with van der Waals surface area (Å²) in [5.41, 5.74) is 1.47. The first kappa shape index (κ1) is 19.5. The molecule has 0 aliphatic carbocycles. The number of methoxy groups -OCH3 is 1. The summed E-state index contributed by atoms with van der Waals surface area (Å²) in [5.74, 6) is 0.311. The van der Waals surface area contributed by atoms with Gasteiger partial charge < -0.3 is 14.8 Å². The van der Waals surface area contributed by atoms with Crippen molar-refractivity contribution >= 4 is 28.9 Å². The van der Waals surface area contributed by atoms with E-state index < -0.39 is 16.9 Å². The van der Waals surface area contributed by atoms with Gasteiger partial charge >= 0.3 is 0 Å². The number of nitro benzene ring substituents is 1. The number of amides is 1. The molecule has 0 radical (unpaired) electrons. The molecule has 0 heterocycles. The molecule has 0 unspecified atom stereocenters. The fourth-order valence-corrected chi connectivity index (χ4v) is 2.47. The molecule has 7 nitrogen and oxygen atoms in total. The highest BCUT2D eigenvalue weighted by Gasteiger charge is 2.21. The molecule has 0 aliphatic heterocycles. The molecule has 1 atom stereocenters. The molecular formula is C18H19ClN2O5. The zero-order chi connectivity index (χ0) is 19.4. The van der Waals surface area contributed by atoms with Crippen LogP contribution in [0, 0.1) is 24.0 Å². The summed E-state index contributed by atoms with van der Waals surface area (Å²) in [6.07, 6.45) is -0.864. The Bertz CT molecular complexity index is 830. The highest BCUT2D eigenvalue weighted by molar-refractivity contribution is 6.32. The van der Waals surface area contributed by atoms with E-state index >= 15 is 0 Å². The summed E-state index contributed by atoms with van der Waals surface area (Å²) in [5, 5.41) is 14.4. The van der Waals surface area contributed by atoms with Crippen LogP contribution in [0.5, 0.6) is 11.5 Å². The zero-order valence-electron chi connectivity index (χ0n) is 14.8. The fourth-order valence-electron chi connectivity index (χ4n) is 2.36. The Morgan fingerprint density at radius 1 is 1.19 bits per heavy atom. The molecule has 0 spiro atoms. The van der Waals surface area contributed by atoms with Crippen LogP contribution in [0.3, 0.4) is 0 Å². The Morgan fingerprint density at radius 3 is 2.35 bits per heavy atom. The van der Waals surface area contributed by atoms with Gasteiger partial charge in [0.25, 0.3) is 11.6 Å². The maximum absolute atomic E-state index is 12.4. The number of aryl methyl sites for hydroxylation is 2. The van der Waals surface area contributed by atoms with Crippen molar-refractivity contribution in [2.24, 2.45) is 0 Å². The second-order valence-electron chi connectivity index (χ2n) is 5.76. The molecule has 2 aromatic rings. The third-order valence-electron chi connectivity index (χ3n) is 3.75. The standard InChI is InChI=1S/C18H19ClN2O5/c1-10-7-14(8-11(2)17(10)19)26-12(3)18(22)20-15-6-5-13(25-4)9-16(15)21(23)24/h5-9,12H,1-4H3,(H,20,22)/t12-/m0/s1. The lowest BCUT2D eigenvalue weighted by Gasteiger charge is -2.16. The molecule has 0 fully saturated rings. The molecule has 1 N–H and O–H groups in total. The lowest BCUT2D eigenvalue weighted by Crippen LogP contribution is -2.30.